The molecule has 1 fully saturated rings. The first kappa shape index (κ1) is 15.2. The topological polar surface area (TPSA) is 59.1 Å². The van der Waals surface area contributed by atoms with Gasteiger partial charge in [-0.3, -0.25) is 14.4 Å². The van der Waals surface area contributed by atoms with E-state index in [1.807, 2.05) is 0 Å². The second kappa shape index (κ2) is 6.09. The quantitative estimate of drug-likeness (QED) is 0.784. The summed E-state index contributed by atoms with van der Waals surface area (Å²) in [5.74, 6) is -1.43. The standard InChI is InChI=1S/C14H17FN2O4/c1-16(21-3)14(19)9-6-13(18)17(8-9)10-4-5-12(20-2)11(15)7-10/h4-5,7,9H,6,8H2,1-3H3. The monoisotopic (exact) mass is 296 g/mol. The summed E-state index contributed by atoms with van der Waals surface area (Å²) in [6.45, 7) is 0.205. The molecule has 0 bridgehead atoms. The lowest BCUT2D eigenvalue weighted by Crippen LogP contribution is -2.34. The molecule has 0 N–H and O–H groups in total. The van der Waals surface area contributed by atoms with Gasteiger partial charge in [-0.05, 0) is 12.1 Å². The van der Waals surface area contributed by atoms with Gasteiger partial charge < -0.3 is 9.64 Å². The number of hydrogen-bond acceptors (Lipinski definition) is 4. The van der Waals surface area contributed by atoms with Crippen molar-refractivity contribution in [3.63, 3.8) is 0 Å². The molecule has 21 heavy (non-hydrogen) atoms. The van der Waals surface area contributed by atoms with Crippen molar-refractivity contribution in [1.82, 2.24) is 5.06 Å². The van der Waals surface area contributed by atoms with Crippen molar-refractivity contribution in [3.05, 3.63) is 24.0 Å². The lowest BCUT2D eigenvalue weighted by Gasteiger charge is -2.19. The van der Waals surface area contributed by atoms with Crippen molar-refractivity contribution in [2.24, 2.45) is 5.92 Å². The van der Waals surface area contributed by atoms with E-state index in [4.69, 9.17) is 9.57 Å². The van der Waals surface area contributed by atoms with Crippen molar-refractivity contribution < 1.29 is 23.6 Å². The lowest BCUT2D eigenvalue weighted by atomic mass is 10.1. The first-order valence-electron chi connectivity index (χ1n) is 6.43. The van der Waals surface area contributed by atoms with Crippen LogP contribution in [0.3, 0.4) is 0 Å². The number of hydrogen-bond donors (Lipinski definition) is 0. The highest BCUT2D eigenvalue weighted by molar-refractivity contribution is 6.00. The van der Waals surface area contributed by atoms with Gasteiger partial charge in [0.15, 0.2) is 11.6 Å². The predicted octanol–water partition coefficient (Wildman–Crippen LogP) is 1.21. The minimum absolute atomic E-state index is 0.0835. The van der Waals surface area contributed by atoms with Gasteiger partial charge in [-0.1, -0.05) is 0 Å². The fourth-order valence-electron chi connectivity index (χ4n) is 2.29. The average molecular weight is 296 g/mol. The third-order valence-electron chi connectivity index (χ3n) is 3.51. The molecular weight excluding hydrogens is 279 g/mol. The van der Waals surface area contributed by atoms with Crippen molar-refractivity contribution in [2.75, 3.05) is 32.7 Å². The van der Waals surface area contributed by atoms with E-state index >= 15 is 0 Å². The second-order valence-electron chi connectivity index (χ2n) is 4.74. The number of anilines is 1. The fourth-order valence-corrected chi connectivity index (χ4v) is 2.29. The summed E-state index contributed by atoms with van der Waals surface area (Å²) in [7, 11) is 4.24. The van der Waals surface area contributed by atoms with Crippen LogP contribution in [0.25, 0.3) is 0 Å². The Kier molecular flexibility index (Phi) is 4.42. The number of nitrogens with zero attached hydrogens (tertiary/aromatic N) is 2. The molecule has 1 heterocycles. The third-order valence-corrected chi connectivity index (χ3v) is 3.51. The Hall–Kier alpha value is -2.15. The number of ether oxygens (including phenoxy) is 1. The lowest BCUT2D eigenvalue weighted by molar-refractivity contribution is -0.172. The number of amides is 2. The van der Waals surface area contributed by atoms with Crippen LogP contribution in [0, 0.1) is 11.7 Å². The van der Waals surface area contributed by atoms with Crippen LogP contribution in [0.2, 0.25) is 0 Å². The smallest absolute Gasteiger partial charge is 0.251 e. The Balaban J connectivity index is 2.17. The normalized spacial score (nSPS) is 18.0. The molecule has 1 aliphatic rings. The van der Waals surface area contributed by atoms with Crippen molar-refractivity contribution in [1.29, 1.82) is 0 Å². The number of rotatable bonds is 4. The molecule has 0 aliphatic carbocycles. The van der Waals surface area contributed by atoms with Gasteiger partial charge in [0, 0.05) is 31.8 Å². The second-order valence-corrected chi connectivity index (χ2v) is 4.74. The predicted molar refractivity (Wildman–Crippen MR) is 73.2 cm³/mol. The maximum Gasteiger partial charge on any atom is 0.251 e. The van der Waals surface area contributed by atoms with Crippen LogP contribution in [-0.2, 0) is 14.4 Å². The molecule has 1 aromatic rings. The van der Waals surface area contributed by atoms with E-state index < -0.39 is 11.7 Å². The summed E-state index contributed by atoms with van der Waals surface area (Å²) >= 11 is 0. The number of methoxy groups -OCH3 is 1. The molecule has 0 aromatic heterocycles. The molecule has 1 atom stereocenters. The maximum atomic E-state index is 13.7. The van der Waals surface area contributed by atoms with Crippen LogP contribution in [0.1, 0.15) is 6.42 Å². The Labute approximate surface area is 122 Å². The molecule has 0 saturated carbocycles. The molecule has 1 aliphatic heterocycles. The Morgan fingerprint density at radius 2 is 2.14 bits per heavy atom. The summed E-state index contributed by atoms with van der Waals surface area (Å²) < 4.78 is 18.6. The third kappa shape index (κ3) is 2.97. The number of benzene rings is 1. The Morgan fingerprint density at radius 1 is 1.43 bits per heavy atom. The van der Waals surface area contributed by atoms with E-state index in [2.05, 4.69) is 0 Å². The summed E-state index contributed by atoms with van der Waals surface area (Å²) in [6, 6.07) is 4.27. The van der Waals surface area contributed by atoms with E-state index in [1.165, 1.54) is 38.3 Å². The van der Waals surface area contributed by atoms with Gasteiger partial charge in [0.05, 0.1) is 20.1 Å². The first-order valence-corrected chi connectivity index (χ1v) is 6.43. The number of carbonyl (C=O) groups is 2. The molecule has 0 radical (unpaired) electrons. The van der Waals surface area contributed by atoms with E-state index in [0.29, 0.717) is 5.69 Å². The Bertz CT molecular complexity index is 564. The molecule has 6 nitrogen and oxygen atoms in total. The summed E-state index contributed by atoms with van der Waals surface area (Å²) in [6.07, 6.45) is 0.0835. The van der Waals surface area contributed by atoms with Gasteiger partial charge in [-0.2, -0.15) is 0 Å². The molecule has 1 unspecified atom stereocenters. The van der Waals surface area contributed by atoms with Crippen LogP contribution in [0.15, 0.2) is 18.2 Å². The average Bonchev–Trinajstić information content (AvgIpc) is 2.87. The summed E-state index contributed by atoms with van der Waals surface area (Å²) in [5, 5.41) is 1.09. The van der Waals surface area contributed by atoms with E-state index in [-0.39, 0.29) is 30.5 Å². The number of hydroxylamine groups is 2. The maximum absolute atomic E-state index is 13.7. The molecule has 114 valence electrons. The SMILES string of the molecule is COc1ccc(N2CC(C(=O)N(C)OC)CC2=O)cc1F. The molecule has 0 spiro atoms. The fraction of sp³-hybridized carbons (Fsp3) is 0.429. The highest BCUT2D eigenvalue weighted by Crippen LogP contribution is 2.29. The van der Waals surface area contributed by atoms with Gasteiger partial charge in [0.1, 0.15) is 0 Å². The van der Waals surface area contributed by atoms with Gasteiger partial charge in [0.2, 0.25) is 5.91 Å². The number of halogens is 1. The minimum Gasteiger partial charge on any atom is -0.494 e. The van der Waals surface area contributed by atoms with Gasteiger partial charge >= 0.3 is 0 Å². The summed E-state index contributed by atoms with van der Waals surface area (Å²) in [5.41, 5.74) is 0.411. The van der Waals surface area contributed by atoms with Gasteiger partial charge in [0.25, 0.3) is 5.91 Å². The highest BCUT2D eigenvalue weighted by atomic mass is 19.1. The van der Waals surface area contributed by atoms with E-state index in [9.17, 15) is 14.0 Å². The zero-order chi connectivity index (χ0) is 15.6. The molecule has 2 amide bonds. The molecule has 1 aromatic carbocycles. The zero-order valence-corrected chi connectivity index (χ0v) is 12.1. The zero-order valence-electron chi connectivity index (χ0n) is 12.1. The van der Waals surface area contributed by atoms with Crippen LogP contribution in [-0.4, -0.2) is 44.7 Å². The van der Waals surface area contributed by atoms with Crippen LogP contribution >= 0.6 is 0 Å². The van der Waals surface area contributed by atoms with Crippen molar-refractivity contribution in [2.45, 2.75) is 6.42 Å². The number of carbonyl (C=O) groups excluding carboxylic acids is 2. The molecule has 1 saturated heterocycles. The summed E-state index contributed by atoms with van der Waals surface area (Å²) in [4.78, 5) is 30.2. The van der Waals surface area contributed by atoms with E-state index in [1.54, 1.807) is 6.07 Å². The van der Waals surface area contributed by atoms with Crippen LogP contribution in [0.4, 0.5) is 10.1 Å². The van der Waals surface area contributed by atoms with Crippen molar-refractivity contribution in [3.8, 4) is 5.75 Å². The van der Waals surface area contributed by atoms with Crippen LogP contribution in [0.5, 0.6) is 5.75 Å². The molecule has 2 rings (SSSR count). The molecule has 7 heteroatoms. The van der Waals surface area contributed by atoms with Gasteiger partial charge in [-0.15, -0.1) is 0 Å². The van der Waals surface area contributed by atoms with Crippen molar-refractivity contribution >= 4 is 17.5 Å². The molecular formula is C14H17FN2O4. The highest BCUT2D eigenvalue weighted by Gasteiger charge is 2.36. The largest absolute Gasteiger partial charge is 0.494 e. The van der Waals surface area contributed by atoms with Gasteiger partial charge in [-0.25, -0.2) is 9.45 Å². The first-order chi connectivity index (χ1) is 9.97. The van der Waals surface area contributed by atoms with Crippen LogP contribution < -0.4 is 9.64 Å². The Morgan fingerprint density at radius 3 is 2.71 bits per heavy atom. The van der Waals surface area contributed by atoms with E-state index in [0.717, 1.165) is 5.06 Å². The minimum atomic E-state index is -0.549.